The van der Waals surface area contributed by atoms with Crippen LogP contribution in [-0.2, 0) is 17.8 Å². The predicted octanol–water partition coefficient (Wildman–Crippen LogP) is 1.88. The highest BCUT2D eigenvalue weighted by molar-refractivity contribution is 5.91. The number of hydrogen-bond donors (Lipinski definition) is 1. The van der Waals surface area contributed by atoms with Crippen LogP contribution in [0.3, 0.4) is 0 Å². The Bertz CT molecular complexity index is 926. The lowest BCUT2D eigenvalue weighted by Crippen LogP contribution is -2.23. The summed E-state index contributed by atoms with van der Waals surface area (Å²) in [5.74, 6) is -0.253. The molecule has 0 spiro atoms. The molecule has 0 saturated carbocycles. The molecule has 27 heavy (non-hydrogen) atoms. The number of nitrogens with zero attached hydrogens (tertiary/aromatic N) is 5. The smallest absolute Gasteiger partial charge is 0.273 e. The number of nitrogens with one attached hydrogen (secondary N) is 1. The maximum absolute atomic E-state index is 12.3. The Balaban J connectivity index is 1.34. The summed E-state index contributed by atoms with van der Waals surface area (Å²) in [6, 6.07) is 8.02. The molecule has 0 aliphatic carbocycles. The third kappa shape index (κ3) is 4.06. The van der Waals surface area contributed by atoms with Crippen LogP contribution in [-0.4, -0.2) is 43.4 Å². The first-order valence-corrected chi connectivity index (χ1v) is 9.08. The fourth-order valence-electron chi connectivity index (χ4n) is 3.17. The highest BCUT2D eigenvalue weighted by atomic mass is 16.5. The van der Waals surface area contributed by atoms with Crippen LogP contribution in [0.5, 0.6) is 0 Å². The van der Waals surface area contributed by atoms with Crippen molar-refractivity contribution in [3.8, 4) is 5.69 Å². The number of para-hydroxylation sites is 1. The summed E-state index contributed by atoms with van der Waals surface area (Å²) < 4.78 is 9.06. The van der Waals surface area contributed by atoms with Gasteiger partial charge in [-0.2, -0.15) is 5.10 Å². The van der Waals surface area contributed by atoms with E-state index in [0.29, 0.717) is 18.8 Å². The second-order valence-corrected chi connectivity index (χ2v) is 6.72. The third-order valence-electron chi connectivity index (χ3n) is 4.64. The van der Waals surface area contributed by atoms with Gasteiger partial charge >= 0.3 is 0 Å². The Morgan fingerprint density at radius 3 is 3.04 bits per heavy atom. The minimum absolute atomic E-state index is 0.162. The Kier molecular flexibility index (Phi) is 4.97. The van der Waals surface area contributed by atoms with Crippen LogP contribution in [0.4, 0.5) is 0 Å². The van der Waals surface area contributed by atoms with Crippen LogP contribution >= 0.6 is 0 Å². The summed E-state index contributed by atoms with van der Waals surface area (Å²) in [5, 5.41) is 15.2. The zero-order valence-electron chi connectivity index (χ0n) is 15.2. The standard InChI is InChI=1S/C19H22N6O2/c1-14-5-2-3-7-18(14)25-11-15(10-21-25)9-20-19(26)17-13-24(23-22-17)12-16-6-4-8-27-16/h2-3,5,7,10-11,13,16H,4,6,8-9,12H2,1H3,(H,20,26)/t16-/m0/s1. The molecular formula is C19H22N6O2. The summed E-state index contributed by atoms with van der Waals surface area (Å²) in [4.78, 5) is 12.3. The van der Waals surface area contributed by atoms with Gasteiger partial charge in [-0.1, -0.05) is 23.4 Å². The lowest BCUT2D eigenvalue weighted by atomic mass is 10.2. The van der Waals surface area contributed by atoms with E-state index in [9.17, 15) is 4.79 Å². The van der Waals surface area contributed by atoms with Gasteiger partial charge in [0.2, 0.25) is 0 Å². The number of aryl methyl sites for hydroxylation is 1. The first-order valence-electron chi connectivity index (χ1n) is 9.08. The Hall–Kier alpha value is -3.00. The summed E-state index contributed by atoms with van der Waals surface area (Å²) in [7, 11) is 0. The number of rotatable bonds is 6. The molecule has 8 nitrogen and oxygen atoms in total. The van der Waals surface area contributed by atoms with E-state index in [4.69, 9.17) is 4.74 Å². The van der Waals surface area contributed by atoms with Crippen molar-refractivity contribution in [3.63, 3.8) is 0 Å². The minimum Gasteiger partial charge on any atom is -0.376 e. The average Bonchev–Trinajstić information content (AvgIpc) is 3.43. The number of ether oxygens (including phenoxy) is 1. The van der Waals surface area contributed by atoms with Gasteiger partial charge in [0.05, 0.1) is 30.7 Å². The van der Waals surface area contributed by atoms with Crippen LogP contribution < -0.4 is 5.32 Å². The molecule has 1 N–H and O–H groups in total. The topological polar surface area (TPSA) is 86.9 Å². The monoisotopic (exact) mass is 366 g/mol. The van der Waals surface area contributed by atoms with Gasteiger partial charge in [-0.3, -0.25) is 4.79 Å². The van der Waals surface area contributed by atoms with Crippen molar-refractivity contribution in [1.82, 2.24) is 30.1 Å². The Morgan fingerprint density at radius 1 is 1.33 bits per heavy atom. The van der Waals surface area contributed by atoms with Gasteiger partial charge in [0, 0.05) is 24.9 Å². The van der Waals surface area contributed by atoms with Gasteiger partial charge in [-0.25, -0.2) is 9.36 Å². The molecule has 2 aromatic heterocycles. The number of carbonyl (C=O) groups is 1. The SMILES string of the molecule is Cc1ccccc1-n1cc(CNC(=O)c2cn(C[C@@H]3CCCO3)nn2)cn1. The predicted molar refractivity (Wildman–Crippen MR) is 98.5 cm³/mol. The molecule has 8 heteroatoms. The number of hydrogen-bond acceptors (Lipinski definition) is 5. The van der Waals surface area contributed by atoms with Gasteiger partial charge in [0.15, 0.2) is 5.69 Å². The molecule has 1 aliphatic heterocycles. The summed E-state index contributed by atoms with van der Waals surface area (Å²) >= 11 is 0. The molecule has 3 heterocycles. The van der Waals surface area contributed by atoms with E-state index in [1.807, 2.05) is 42.1 Å². The number of carbonyl (C=O) groups excluding carboxylic acids is 1. The molecule has 1 saturated heterocycles. The fraction of sp³-hybridized carbons (Fsp3) is 0.368. The molecule has 4 rings (SSSR count). The van der Waals surface area contributed by atoms with Gasteiger partial charge in [0.25, 0.3) is 5.91 Å². The highest BCUT2D eigenvalue weighted by Gasteiger charge is 2.18. The van der Waals surface area contributed by atoms with Crippen molar-refractivity contribution in [2.24, 2.45) is 0 Å². The van der Waals surface area contributed by atoms with Crippen molar-refractivity contribution >= 4 is 5.91 Å². The van der Waals surface area contributed by atoms with Crippen molar-refractivity contribution in [1.29, 1.82) is 0 Å². The van der Waals surface area contributed by atoms with Gasteiger partial charge in [-0.05, 0) is 31.4 Å². The molecule has 0 bridgehead atoms. The molecular weight excluding hydrogens is 344 g/mol. The maximum atomic E-state index is 12.3. The molecule has 1 aromatic carbocycles. The Morgan fingerprint density at radius 2 is 2.22 bits per heavy atom. The van der Waals surface area contributed by atoms with E-state index < -0.39 is 0 Å². The number of benzene rings is 1. The first-order chi connectivity index (χ1) is 13.2. The average molecular weight is 366 g/mol. The van der Waals surface area contributed by atoms with Gasteiger partial charge in [-0.15, -0.1) is 5.10 Å². The van der Waals surface area contributed by atoms with E-state index in [1.165, 1.54) is 0 Å². The lowest BCUT2D eigenvalue weighted by Gasteiger charge is -2.07. The van der Waals surface area contributed by atoms with Crippen LogP contribution in [0, 0.1) is 6.92 Å². The number of amides is 1. The molecule has 0 unspecified atom stereocenters. The molecule has 1 aliphatic rings. The molecule has 140 valence electrons. The van der Waals surface area contributed by atoms with Crippen molar-refractivity contribution < 1.29 is 9.53 Å². The minimum atomic E-state index is -0.253. The van der Waals surface area contributed by atoms with Crippen LogP contribution in [0.15, 0.2) is 42.9 Å². The molecule has 1 amide bonds. The van der Waals surface area contributed by atoms with Gasteiger partial charge in [0.1, 0.15) is 0 Å². The molecule has 0 radical (unpaired) electrons. The largest absolute Gasteiger partial charge is 0.376 e. The second-order valence-electron chi connectivity index (χ2n) is 6.72. The van der Waals surface area contributed by atoms with E-state index >= 15 is 0 Å². The highest BCUT2D eigenvalue weighted by Crippen LogP contribution is 2.14. The van der Waals surface area contributed by atoms with E-state index in [2.05, 4.69) is 20.7 Å². The van der Waals surface area contributed by atoms with E-state index in [-0.39, 0.29) is 12.0 Å². The van der Waals surface area contributed by atoms with Crippen LogP contribution in [0.25, 0.3) is 5.69 Å². The molecule has 1 atom stereocenters. The number of aromatic nitrogens is 5. The van der Waals surface area contributed by atoms with Crippen LogP contribution in [0.2, 0.25) is 0 Å². The van der Waals surface area contributed by atoms with E-state index in [1.54, 1.807) is 17.1 Å². The van der Waals surface area contributed by atoms with Crippen molar-refractivity contribution in [2.45, 2.75) is 39.0 Å². The van der Waals surface area contributed by atoms with Crippen molar-refractivity contribution in [2.75, 3.05) is 6.61 Å². The lowest BCUT2D eigenvalue weighted by molar-refractivity contribution is 0.0929. The summed E-state index contributed by atoms with van der Waals surface area (Å²) in [5.41, 5.74) is 3.38. The third-order valence-corrected chi connectivity index (χ3v) is 4.64. The van der Waals surface area contributed by atoms with Crippen LogP contribution in [0.1, 0.15) is 34.5 Å². The second kappa shape index (κ2) is 7.71. The molecule has 3 aromatic rings. The van der Waals surface area contributed by atoms with Gasteiger partial charge < -0.3 is 10.1 Å². The Labute approximate surface area is 157 Å². The first kappa shape index (κ1) is 17.4. The zero-order valence-corrected chi connectivity index (χ0v) is 15.2. The summed E-state index contributed by atoms with van der Waals surface area (Å²) in [6.07, 6.45) is 7.58. The summed E-state index contributed by atoms with van der Waals surface area (Å²) in [6.45, 7) is 3.84. The molecule has 1 fully saturated rings. The zero-order chi connectivity index (χ0) is 18.6. The quantitative estimate of drug-likeness (QED) is 0.720. The normalized spacial score (nSPS) is 16.6. The fourth-order valence-corrected chi connectivity index (χ4v) is 3.17. The van der Waals surface area contributed by atoms with Crippen molar-refractivity contribution in [3.05, 3.63) is 59.7 Å². The maximum Gasteiger partial charge on any atom is 0.273 e. The van der Waals surface area contributed by atoms with E-state index in [0.717, 1.165) is 36.3 Å².